The summed E-state index contributed by atoms with van der Waals surface area (Å²) in [6.45, 7) is 3.34. The number of rotatable bonds is 4. The van der Waals surface area contributed by atoms with Crippen LogP contribution < -0.4 is 10.6 Å². The van der Waals surface area contributed by atoms with Gasteiger partial charge in [0.25, 0.3) is 5.91 Å². The topological polar surface area (TPSA) is 83.4 Å². The Hall–Kier alpha value is -1.82. The summed E-state index contributed by atoms with van der Waals surface area (Å²) in [5, 5.41) is 14.6. The summed E-state index contributed by atoms with van der Waals surface area (Å²) in [7, 11) is 0. The maximum absolute atomic E-state index is 12.1. The standard InChI is InChI=1S/C13H19N3O3/c1-9(13(18)19)15-12(17)11-3-2-8-16(11)10-4-6-14-7-5-10/h2-3,8-10,14H,4-7H2,1H3,(H,15,17)(H,18,19)/t9-/m0/s1. The average molecular weight is 265 g/mol. The lowest BCUT2D eigenvalue weighted by molar-refractivity contribution is -0.138. The molecule has 1 aromatic heterocycles. The summed E-state index contributed by atoms with van der Waals surface area (Å²) < 4.78 is 1.95. The highest BCUT2D eigenvalue weighted by Crippen LogP contribution is 2.21. The predicted molar refractivity (Wildman–Crippen MR) is 70.1 cm³/mol. The maximum atomic E-state index is 12.1. The van der Waals surface area contributed by atoms with Gasteiger partial charge in [-0.05, 0) is 45.0 Å². The van der Waals surface area contributed by atoms with Gasteiger partial charge in [0.05, 0.1) is 0 Å². The first kappa shape index (κ1) is 13.6. The third kappa shape index (κ3) is 3.14. The number of carboxylic acid groups (broad SMARTS) is 1. The minimum Gasteiger partial charge on any atom is -0.480 e. The van der Waals surface area contributed by atoms with Gasteiger partial charge < -0.3 is 20.3 Å². The number of carbonyl (C=O) groups excluding carboxylic acids is 1. The fourth-order valence-electron chi connectivity index (χ4n) is 2.32. The Morgan fingerprint density at radius 1 is 1.47 bits per heavy atom. The van der Waals surface area contributed by atoms with E-state index < -0.39 is 12.0 Å². The van der Waals surface area contributed by atoms with Crippen LogP contribution in [0.25, 0.3) is 0 Å². The van der Waals surface area contributed by atoms with Crippen LogP contribution in [-0.2, 0) is 4.79 Å². The molecule has 2 heterocycles. The van der Waals surface area contributed by atoms with Crippen molar-refractivity contribution in [3.8, 4) is 0 Å². The summed E-state index contributed by atoms with van der Waals surface area (Å²) in [6.07, 6.45) is 3.84. The van der Waals surface area contributed by atoms with Crippen LogP contribution in [0.2, 0.25) is 0 Å². The number of carbonyl (C=O) groups is 2. The lowest BCUT2D eigenvalue weighted by Crippen LogP contribution is -2.40. The van der Waals surface area contributed by atoms with Crippen LogP contribution >= 0.6 is 0 Å². The van der Waals surface area contributed by atoms with Crippen molar-refractivity contribution in [2.45, 2.75) is 31.8 Å². The molecule has 1 amide bonds. The van der Waals surface area contributed by atoms with E-state index in [2.05, 4.69) is 10.6 Å². The molecule has 1 saturated heterocycles. The van der Waals surface area contributed by atoms with Crippen molar-refractivity contribution >= 4 is 11.9 Å². The van der Waals surface area contributed by atoms with E-state index >= 15 is 0 Å². The Morgan fingerprint density at radius 2 is 2.16 bits per heavy atom. The Bertz CT molecular complexity index is 463. The van der Waals surface area contributed by atoms with Gasteiger partial charge in [0.1, 0.15) is 11.7 Å². The van der Waals surface area contributed by atoms with Gasteiger partial charge in [0.2, 0.25) is 0 Å². The molecule has 1 aliphatic heterocycles. The Balaban J connectivity index is 2.10. The molecular formula is C13H19N3O3. The summed E-state index contributed by atoms with van der Waals surface area (Å²) in [6, 6.07) is 2.97. The molecular weight excluding hydrogens is 246 g/mol. The number of nitrogens with one attached hydrogen (secondary N) is 2. The van der Waals surface area contributed by atoms with Gasteiger partial charge in [-0.1, -0.05) is 0 Å². The van der Waals surface area contributed by atoms with Gasteiger partial charge >= 0.3 is 5.97 Å². The molecule has 19 heavy (non-hydrogen) atoms. The van der Waals surface area contributed by atoms with Gasteiger partial charge in [0, 0.05) is 12.2 Å². The van der Waals surface area contributed by atoms with E-state index in [-0.39, 0.29) is 5.91 Å². The average Bonchev–Trinajstić information content (AvgIpc) is 2.88. The molecule has 0 aliphatic carbocycles. The third-order valence-electron chi connectivity index (χ3n) is 3.43. The molecule has 104 valence electrons. The smallest absolute Gasteiger partial charge is 0.325 e. The molecule has 0 spiro atoms. The van der Waals surface area contributed by atoms with Crippen molar-refractivity contribution in [3.05, 3.63) is 24.0 Å². The number of hydrogen-bond acceptors (Lipinski definition) is 3. The summed E-state index contributed by atoms with van der Waals surface area (Å²) in [5.41, 5.74) is 0.528. The lowest BCUT2D eigenvalue weighted by atomic mass is 10.1. The Labute approximate surface area is 111 Å². The van der Waals surface area contributed by atoms with Gasteiger partial charge in [-0.2, -0.15) is 0 Å². The van der Waals surface area contributed by atoms with Crippen LogP contribution in [0.3, 0.4) is 0 Å². The highest BCUT2D eigenvalue weighted by Gasteiger charge is 2.22. The lowest BCUT2D eigenvalue weighted by Gasteiger charge is -2.26. The summed E-state index contributed by atoms with van der Waals surface area (Å²) in [5.74, 6) is -1.37. The quantitative estimate of drug-likeness (QED) is 0.745. The second-order valence-corrected chi connectivity index (χ2v) is 4.82. The summed E-state index contributed by atoms with van der Waals surface area (Å²) in [4.78, 5) is 22.8. The first-order chi connectivity index (χ1) is 9.09. The fourth-order valence-corrected chi connectivity index (χ4v) is 2.32. The number of aromatic nitrogens is 1. The molecule has 0 aromatic carbocycles. The van der Waals surface area contributed by atoms with Gasteiger partial charge in [-0.15, -0.1) is 0 Å². The molecule has 0 radical (unpaired) electrons. The van der Waals surface area contributed by atoms with Crippen LogP contribution in [0.15, 0.2) is 18.3 Å². The zero-order valence-electron chi connectivity index (χ0n) is 10.9. The van der Waals surface area contributed by atoms with Crippen molar-refractivity contribution in [1.29, 1.82) is 0 Å². The molecule has 1 fully saturated rings. The first-order valence-corrected chi connectivity index (χ1v) is 6.51. The monoisotopic (exact) mass is 265 g/mol. The van der Waals surface area contributed by atoms with Crippen LogP contribution in [0, 0.1) is 0 Å². The third-order valence-corrected chi connectivity index (χ3v) is 3.43. The van der Waals surface area contributed by atoms with Gasteiger partial charge in [0.15, 0.2) is 0 Å². The second kappa shape index (κ2) is 5.88. The second-order valence-electron chi connectivity index (χ2n) is 4.82. The zero-order valence-corrected chi connectivity index (χ0v) is 10.9. The minimum absolute atomic E-state index is 0.303. The number of piperidine rings is 1. The number of hydrogen-bond donors (Lipinski definition) is 3. The number of aliphatic carboxylic acids is 1. The molecule has 6 heteroatoms. The molecule has 3 N–H and O–H groups in total. The molecule has 2 rings (SSSR count). The number of nitrogens with zero attached hydrogens (tertiary/aromatic N) is 1. The SMILES string of the molecule is C[C@H](NC(=O)c1cccn1C1CCNCC1)C(=O)O. The molecule has 0 unspecified atom stereocenters. The van der Waals surface area contributed by atoms with Crippen molar-refractivity contribution in [3.63, 3.8) is 0 Å². The molecule has 6 nitrogen and oxygen atoms in total. The number of amides is 1. The summed E-state index contributed by atoms with van der Waals surface area (Å²) >= 11 is 0. The minimum atomic E-state index is -1.03. The maximum Gasteiger partial charge on any atom is 0.325 e. The van der Waals surface area contributed by atoms with Gasteiger partial charge in [-0.3, -0.25) is 9.59 Å². The highest BCUT2D eigenvalue weighted by molar-refractivity contribution is 5.95. The van der Waals surface area contributed by atoms with Crippen molar-refractivity contribution in [1.82, 2.24) is 15.2 Å². The van der Waals surface area contributed by atoms with E-state index in [4.69, 9.17) is 5.11 Å². The van der Waals surface area contributed by atoms with Gasteiger partial charge in [-0.25, -0.2) is 0 Å². The molecule has 1 aliphatic rings. The highest BCUT2D eigenvalue weighted by atomic mass is 16.4. The van der Waals surface area contributed by atoms with E-state index in [1.807, 2.05) is 16.8 Å². The predicted octanol–water partition coefficient (Wildman–Crippen LogP) is 0.615. The normalized spacial score (nSPS) is 17.9. The first-order valence-electron chi connectivity index (χ1n) is 6.51. The molecule has 0 saturated carbocycles. The molecule has 1 atom stereocenters. The van der Waals surface area contributed by atoms with Crippen LogP contribution in [0.4, 0.5) is 0 Å². The van der Waals surface area contributed by atoms with E-state index in [9.17, 15) is 9.59 Å². The number of carboxylic acids is 1. The zero-order chi connectivity index (χ0) is 13.8. The Morgan fingerprint density at radius 3 is 2.79 bits per heavy atom. The van der Waals surface area contributed by atoms with Crippen LogP contribution in [-0.4, -0.2) is 40.7 Å². The largest absolute Gasteiger partial charge is 0.480 e. The van der Waals surface area contributed by atoms with Crippen molar-refractivity contribution in [2.75, 3.05) is 13.1 Å². The van der Waals surface area contributed by atoms with Crippen LogP contribution in [0.5, 0.6) is 0 Å². The van der Waals surface area contributed by atoms with Crippen molar-refractivity contribution in [2.24, 2.45) is 0 Å². The van der Waals surface area contributed by atoms with Crippen LogP contribution in [0.1, 0.15) is 36.3 Å². The molecule has 1 aromatic rings. The Kier molecular flexibility index (Phi) is 4.21. The van der Waals surface area contributed by atoms with E-state index in [0.29, 0.717) is 11.7 Å². The van der Waals surface area contributed by atoms with E-state index in [1.165, 1.54) is 6.92 Å². The van der Waals surface area contributed by atoms with E-state index in [1.54, 1.807) is 6.07 Å². The fraction of sp³-hybridized carbons (Fsp3) is 0.538. The molecule has 0 bridgehead atoms. The van der Waals surface area contributed by atoms with E-state index in [0.717, 1.165) is 25.9 Å². The van der Waals surface area contributed by atoms with Crippen molar-refractivity contribution < 1.29 is 14.7 Å².